The molecular weight excluding hydrogens is 300 g/mol. The van der Waals surface area contributed by atoms with Crippen molar-refractivity contribution in [1.82, 2.24) is 20.8 Å². The number of carbonyl (C=O) groups excluding carboxylic acids is 1. The van der Waals surface area contributed by atoms with E-state index in [1.54, 1.807) is 0 Å². The average molecular weight is 326 g/mol. The highest BCUT2D eigenvalue weighted by Gasteiger charge is 2.30. The molecule has 1 aromatic carbocycles. The molecular formula is C19H26N4O. The smallest absolute Gasteiger partial charge is 0.272 e. The van der Waals surface area contributed by atoms with E-state index in [0.717, 1.165) is 29.8 Å². The van der Waals surface area contributed by atoms with E-state index in [1.807, 2.05) is 6.07 Å². The largest absolute Gasteiger partial charge is 0.343 e. The third-order valence-electron chi connectivity index (χ3n) is 4.54. The van der Waals surface area contributed by atoms with Crippen LogP contribution in [0.2, 0.25) is 0 Å². The molecule has 1 atom stereocenters. The number of hydrogen-bond acceptors (Lipinski definition) is 3. The number of aromatic amines is 1. The second-order valence-electron chi connectivity index (χ2n) is 7.64. The van der Waals surface area contributed by atoms with Crippen molar-refractivity contribution >= 4 is 5.91 Å². The normalized spacial score (nSPS) is 15.7. The number of aryl methyl sites for hydroxylation is 1. The van der Waals surface area contributed by atoms with Crippen molar-refractivity contribution in [3.63, 3.8) is 0 Å². The number of nitrogens with zero attached hydrogens (tertiary/aromatic N) is 1. The number of carbonyl (C=O) groups is 1. The van der Waals surface area contributed by atoms with Gasteiger partial charge in [-0.2, -0.15) is 5.10 Å². The van der Waals surface area contributed by atoms with Crippen LogP contribution in [0.15, 0.2) is 24.3 Å². The summed E-state index contributed by atoms with van der Waals surface area (Å²) in [6.07, 6.45) is 0.885. The molecule has 0 saturated carbocycles. The van der Waals surface area contributed by atoms with Gasteiger partial charge in [0.05, 0.1) is 6.04 Å². The Morgan fingerprint density at radius 1 is 1.33 bits per heavy atom. The van der Waals surface area contributed by atoms with E-state index in [-0.39, 0.29) is 17.4 Å². The molecule has 3 rings (SSSR count). The van der Waals surface area contributed by atoms with Gasteiger partial charge in [0.2, 0.25) is 0 Å². The van der Waals surface area contributed by atoms with E-state index >= 15 is 0 Å². The first-order chi connectivity index (χ1) is 11.4. The van der Waals surface area contributed by atoms with Crippen molar-refractivity contribution in [2.45, 2.75) is 46.7 Å². The van der Waals surface area contributed by atoms with Crippen LogP contribution in [0.4, 0.5) is 0 Å². The Bertz CT molecular complexity index is 742. The van der Waals surface area contributed by atoms with E-state index in [1.165, 1.54) is 5.56 Å². The van der Waals surface area contributed by atoms with Crippen LogP contribution in [0.3, 0.4) is 0 Å². The number of nitrogens with one attached hydrogen (secondary N) is 3. The number of aromatic nitrogens is 2. The van der Waals surface area contributed by atoms with Crippen LogP contribution < -0.4 is 10.6 Å². The molecule has 3 N–H and O–H groups in total. The third-order valence-corrected chi connectivity index (χ3v) is 4.54. The standard InChI is InChI=1S/C19H26N4O/c1-12-6-5-7-13(10-12)17(19(2,3)4)21-18(24)16-14-11-20-9-8-15(14)22-23-16/h5-7,10,17,20H,8-9,11H2,1-4H3,(H,21,24)(H,22,23). The summed E-state index contributed by atoms with van der Waals surface area (Å²) in [5.74, 6) is -0.113. The maximum Gasteiger partial charge on any atom is 0.272 e. The molecule has 2 aromatic rings. The predicted octanol–water partition coefficient (Wildman–Crippen LogP) is 2.88. The molecule has 1 aliphatic rings. The summed E-state index contributed by atoms with van der Waals surface area (Å²) >= 11 is 0. The van der Waals surface area contributed by atoms with Gasteiger partial charge in [0.25, 0.3) is 5.91 Å². The maximum absolute atomic E-state index is 12.9. The van der Waals surface area contributed by atoms with Crippen molar-refractivity contribution in [3.05, 3.63) is 52.3 Å². The van der Waals surface area contributed by atoms with Crippen LogP contribution in [-0.4, -0.2) is 22.6 Å². The fraction of sp³-hybridized carbons (Fsp3) is 0.474. The molecule has 128 valence electrons. The number of benzene rings is 1. The molecule has 0 aliphatic carbocycles. The minimum absolute atomic E-state index is 0.0752. The molecule has 1 aliphatic heterocycles. The van der Waals surface area contributed by atoms with Crippen LogP contribution in [0, 0.1) is 12.3 Å². The first-order valence-electron chi connectivity index (χ1n) is 8.50. The second kappa shape index (κ2) is 6.40. The van der Waals surface area contributed by atoms with Crippen LogP contribution in [0.5, 0.6) is 0 Å². The molecule has 0 saturated heterocycles. The molecule has 0 radical (unpaired) electrons. The lowest BCUT2D eigenvalue weighted by Gasteiger charge is -2.32. The van der Waals surface area contributed by atoms with Crippen LogP contribution >= 0.6 is 0 Å². The van der Waals surface area contributed by atoms with Crippen molar-refractivity contribution in [2.24, 2.45) is 5.41 Å². The molecule has 1 aromatic heterocycles. The molecule has 1 amide bonds. The van der Waals surface area contributed by atoms with Crippen LogP contribution in [-0.2, 0) is 13.0 Å². The van der Waals surface area contributed by atoms with Gasteiger partial charge in [-0.15, -0.1) is 0 Å². The summed E-state index contributed by atoms with van der Waals surface area (Å²) in [7, 11) is 0. The first-order valence-corrected chi connectivity index (χ1v) is 8.50. The van der Waals surface area contributed by atoms with E-state index in [9.17, 15) is 4.79 Å². The number of H-pyrrole nitrogens is 1. The lowest BCUT2D eigenvalue weighted by atomic mass is 9.82. The highest BCUT2D eigenvalue weighted by Crippen LogP contribution is 2.33. The lowest BCUT2D eigenvalue weighted by molar-refractivity contribution is 0.0895. The van der Waals surface area contributed by atoms with Gasteiger partial charge in [0.1, 0.15) is 0 Å². The van der Waals surface area contributed by atoms with Gasteiger partial charge >= 0.3 is 0 Å². The summed E-state index contributed by atoms with van der Waals surface area (Å²) in [5, 5.41) is 13.8. The monoisotopic (exact) mass is 326 g/mol. The number of amides is 1. The number of fused-ring (bicyclic) bond motifs is 1. The SMILES string of the molecule is Cc1cccc(C(NC(=O)c2n[nH]c3c2CNCC3)C(C)(C)C)c1. The summed E-state index contributed by atoms with van der Waals surface area (Å²) in [6.45, 7) is 10.1. The quantitative estimate of drug-likeness (QED) is 0.812. The third kappa shape index (κ3) is 3.36. The zero-order valence-electron chi connectivity index (χ0n) is 14.9. The first kappa shape index (κ1) is 16.7. The van der Waals surface area contributed by atoms with Crippen LogP contribution in [0.25, 0.3) is 0 Å². The highest BCUT2D eigenvalue weighted by molar-refractivity contribution is 5.94. The molecule has 5 heteroatoms. The molecule has 0 fully saturated rings. The van der Waals surface area contributed by atoms with E-state index < -0.39 is 0 Å². The molecule has 2 heterocycles. The summed E-state index contributed by atoms with van der Waals surface area (Å²) < 4.78 is 0. The van der Waals surface area contributed by atoms with Gasteiger partial charge in [0, 0.05) is 30.8 Å². The Kier molecular flexibility index (Phi) is 4.45. The highest BCUT2D eigenvalue weighted by atomic mass is 16.2. The Labute approximate surface area is 143 Å². The van der Waals surface area contributed by atoms with E-state index in [2.05, 4.69) is 66.7 Å². The predicted molar refractivity (Wildman–Crippen MR) is 94.8 cm³/mol. The van der Waals surface area contributed by atoms with Gasteiger partial charge in [-0.05, 0) is 17.9 Å². The lowest BCUT2D eigenvalue weighted by Crippen LogP contribution is -2.37. The van der Waals surface area contributed by atoms with Gasteiger partial charge in [-0.3, -0.25) is 9.89 Å². The Morgan fingerprint density at radius 3 is 2.83 bits per heavy atom. The van der Waals surface area contributed by atoms with Gasteiger partial charge in [-0.1, -0.05) is 50.6 Å². The van der Waals surface area contributed by atoms with Gasteiger partial charge in [-0.25, -0.2) is 0 Å². The van der Waals surface area contributed by atoms with Crippen LogP contribution in [0.1, 0.15) is 59.7 Å². The molecule has 24 heavy (non-hydrogen) atoms. The van der Waals surface area contributed by atoms with Crippen molar-refractivity contribution in [2.75, 3.05) is 6.54 Å². The topological polar surface area (TPSA) is 69.8 Å². The van der Waals surface area contributed by atoms with Crippen molar-refractivity contribution < 1.29 is 4.79 Å². The minimum atomic E-state index is -0.113. The molecule has 1 unspecified atom stereocenters. The zero-order valence-corrected chi connectivity index (χ0v) is 14.9. The number of hydrogen-bond donors (Lipinski definition) is 3. The Morgan fingerprint density at radius 2 is 2.12 bits per heavy atom. The summed E-state index contributed by atoms with van der Waals surface area (Å²) in [6, 6.07) is 8.24. The average Bonchev–Trinajstić information content (AvgIpc) is 2.95. The maximum atomic E-state index is 12.9. The van der Waals surface area contributed by atoms with Crippen molar-refractivity contribution in [1.29, 1.82) is 0 Å². The zero-order chi connectivity index (χ0) is 17.3. The summed E-state index contributed by atoms with van der Waals surface area (Å²) in [5.41, 5.74) is 4.80. The Balaban J connectivity index is 1.88. The fourth-order valence-electron chi connectivity index (χ4n) is 3.26. The second-order valence-corrected chi connectivity index (χ2v) is 7.64. The molecule has 5 nitrogen and oxygen atoms in total. The number of rotatable bonds is 3. The summed E-state index contributed by atoms with van der Waals surface area (Å²) in [4.78, 5) is 12.9. The van der Waals surface area contributed by atoms with E-state index in [0.29, 0.717) is 12.2 Å². The van der Waals surface area contributed by atoms with Gasteiger partial charge < -0.3 is 10.6 Å². The molecule has 0 spiro atoms. The fourth-order valence-corrected chi connectivity index (χ4v) is 3.26. The Hall–Kier alpha value is -2.14. The molecule has 0 bridgehead atoms. The van der Waals surface area contributed by atoms with E-state index in [4.69, 9.17) is 0 Å². The minimum Gasteiger partial charge on any atom is -0.343 e. The van der Waals surface area contributed by atoms with Gasteiger partial charge in [0.15, 0.2) is 5.69 Å². The van der Waals surface area contributed by atoms with Crippen molar-refractivity contribution in [3.8, 4) is 0 Å².